The summed E-state index contributed by atoms with van der Waals surface area (Å²) in [6.07, 6.45) is 1.17. The first-order valence-electron chi connectivity index (χ1n) is 11.9. The highest BCUT2D eigenvalue weighted by molar-refractivity contribution is 7.92. The van der Waals surface area contributed by atoms with E-state index in [-0.39, 0.29) is 30.4 Å². The van der Waals surface area contributed by atoms with Crippen molar-refractivity contribution in [2.75, 3.05) is 36.7 Å². The van der Waals surface area contributed by atoms with Gasteiger partial charge in [-0.25, -0.2) is 16.8 Å². The molecule has 0 aliphatic carbocycles. The molecule has 1 heterocycles. The van der Waals surface area contributed by atoms with Crippen molar-refractivity contribution in [1.29, 1.82) is 0 Å². The molecule has 0 saturated carbocycles. The molecule has 3 aromatic rings. The van der Waals surface area contributed by atoms with E-state index in [0.29, 0.717) is 24.3 Å². The zero-order chi connectivity index (χ0) is 26.8. The lowest BCUT2D eigenvalue weighted by molar-refractivity contribution is 0.0698. The van der Waals surface area contributed by atoms with E-state index in [9.17, 15) is 21.6 Å². The highest BCUT2D eigenvalue weighted by Crippen LogP contribution is 2.23. The smallest absolute Gasteiger partial charge is 0.253 e. The van der Waals surface area contributed by atoms with Gasteiger partial charge in [-0.1, -0.05) is 42.0 Å². The molecule has 0 atom stereocenters. The lowest BCUT2D eigenvalue weighted by atomic mass is 10.1. The van der Waals surface area contributed by atoms with Crippen molar-refractivity contribution < 1.29 is 21.6 Å². The van der Waals surface area contributed by atoms with Gasteiger partial charge in [-0.2, -0.15) is 4.31 Å². The number of piperazine rings is 1. The van der Waals surface area contributed by atoms with Crippen LogP contribution < -0.4 is 4.31 Å². The zero-order valence-corrected chi connectivity index (χ0v) is 22.8. The lowest BCUT2D eigenvalue weighted by Crippen LogP contribution is -2.50. The summed E-state index contributed by atoms with van der Waals surface area (Å²) in [5.41, 5.74) is 3.75. The molecule has 1 fully saturated rings. The summed E-state index contributed by atoms with van der Waals surface area (Å²) in [4.78, 5) is 15.0. The van der Waals surface area contributed by atoms with Crippen LogP contribution in [-0.4, -0.2) is 64.4 Å². The summed E-state index contributed by atoms with van der Waals surface area (Å²) < 4.78 is 53.5. The van der Waals surface area contributed by atoms with Crippen LogP contribution in [0.4, 0.5) is 5.69 Å². The van der Waals surface area contributed by atoms with Gasteiger partial charge in [0.25, 0.3) is 5.91 Å². The maximum atomic E-state index is 13.1. The lowest BCUT2D eigenvalue weighted by Gasteiger charge is -2.34. The third-order valence-electron chi connectivity index (χ3n) is 6.40. The molecular formula is C27H31N3O5S2. The summed E-state index contributed by atoms with van der Waals surface area (Å²) in [6, 6.07) is 20.9. The molecule has 196 valence electrons. The molecule has 10 heteroatoms. The molecule has 37 heavy (non-hydrogen) atoms. The minimum absolute atomic E-state index is 0.145. The van der Waals surface area contributed by atoms with Crippen LogP contribution in [0.25, 0.3) is 0 Å². The Morgan fingerprint density at radius 2 is 1.43 bits per heavy atom. The van der Waals surface area contributed by atoms with Crippen molar-refractivity contribution in [3.05, 3.63) is 95.1 Å². The second-order valence-corrected chi connectivity index (χ2v) is 13.2. The van der Waals surface area contributed by atoms with Crippen molar-refractivity contribution in [3.8, 4) is 0 Å². The Bertz CT molecular complexity index is 1480. The maximum absolute atomic E-state index is 13.1. The van der Waals surface area contributed by atoms with Crippen LogP contribution >= 0.6 is 0 Å². The number of anilines is 1. The van der Waals surface area contributed by atoms with Crippen LogP contribution in [-0.2, 0) is 26.6 Å². The standard InChI is InChI=1S/C27H31N3O5S2/c1-21-7-13-26(14-8-21)37(34,35)29-17-15-28(16-18-29)27(31)24-11-9-23(10-12-24)20-30(36(3,32)33)25-6-4-5-22(2)19-25/h4-14,19H,15-18,20H2,1-3H3. The Balaban J connectivity index is 1.41. The second-order valence-electron chi connectivity index (χ2n) is 9.31. The van der Waals surface area contributed by atoms with E-state index in [4.69, 9.17) is 0 Å². The highest BCUT2D eigenvalue weighted by Gasteiger charge is 2.30. The molecule has 0 N–H and O–H groups in total. The normalized spacial score (nSPS) is 14.9. The molecule has 8 nitrogen and oxygen atoms in total. The van der Waals surface area contributed by atoms with E-state index in [2.05, 4.69) is 0 Å². The number of sulfonamides is 2. The first kappa shape index (κ1) is 26.8. The van der Waals surface area contributed by atoms with Crippen LogP contribution in [0.1, 0.15) is 27.0 Å². The highest BCUT2D eigenvalue weighted by atomic mass is 32.2. The first-order chi connectivity index (χ1) is 17.4. The van der Waals surface area contributed by atoms with Crippen LogP contribution in [0.3, 0.4) is 0 Å². The van der Waals surface area contributed by atoms with Crippen LogP contribution in [0.15, 0.2) is 77.7 Å². The molecule has 0 aromatic heterocycles. The van der Waals surface area contributed by atoms with Crippen LogP contribution in [0.2, 0.25) is 0 Å². The molecule has 0 spiro atoms. The molecule has 1 aliphatic heterocycles. The molecular weight excluding hydrogens is 510 g/mol. The van der Waals surface area contributed by atoms with Crippen molar-refractivity contribution in [2.45, 2.75) is 25.3 Å². The van der Waals surface area contributed by atoms with Gasteiger partial charge in [-0.05, 0) is 61.4 Å². The number of hydrogen-bond acceptors (Lipinski definition) is 5. The van der Waals surface area contributed by atoms with Crippen molar-refractivity contribution in [1.82, 2.24) is 9.21 Å². The molecule has 0 bridgehead atoms. The van der Waals surface area contributed by atoms with Gasteiger partial charge in [-0.3, -0.25) is 9.10 Å². The van der Waals surface area contributed by atoms with E-state index >= 15 is 0 Å². The van der Waals surface area contributed by atoms with Gasteiger partial charge in [-0.15, -0.1) is 0 Å². The molecule has 1 saturated heterocycles. The number of aryl methyl sites for hydroxylation is 2. The summed E-state index contributed by atoms with van der Waals surface area (Å²) in [6.45, 7) is 4.98. The van der Waals surface area contributed by atoms with E-state index in [1.165, 1.54) is 14.9 Å². The molecule has 0 radical (unpaired) electrons. The summed E-state index contributed by atoms with van der Waals surface area (Å²) in [5, 5.41) is 0. The summed E-state index contributed by atoms with van der Waals surface area (Å²) in [5.74, 6) is -0.183. The van der Waals surface area contributed by atoms with E-state index < -0.39 is 20.0 Å². The van der Waals surface area contributed by atoms with E-state index in [1.54, 1.807) is 59.5 Å². The Morgan fingerprint density at radius 1 is 0.811 bits per heavy atom. The monoisotopic (exact) mass is 541 g/mol. The Morgan fingerprint density at radius 3 is 2.00 bits per heavy atom. The van der Waals surface area contributed by atoms with Gasteiger partial charge in [0.15, 0.2) is 0 Å². The summed E-state index contributed by atoms with van der Waals surface area (Å²) >= 11 is 0. The van der Waals surface area contributed by atoms with E-state index in [0.717, 1.165) is 16.7 Å². The number of hydrogen-bond donors (Lipinski definition) is 0. The van der Waals surface area contributed by atoms with Gasteiger partial charge < -0.3 is 4.90 Å². The van der Waals surface area contributed by atoms with Crippen molar-refractivity contribution in [3.63, 3.8) is 0 Å². The summed E-state index contributed by atoms with van der Waals surface area (Å²) in [7, 11) is -7.12. The SMILES string of the molecule is Cc1ccc(S(=O)(=O)N2CCN(C(=O)c3ccc(CN(c4cccc(C)c4)S(C)(=O)=O)cc3)CC2)cc1. The fraction of sp³-hybridized carbons (Fsp3) is 0.296. The minimum atomic E-state index is -3.61. The fourth-order valence-electron chi connectivity index (χ4n) is 4.28. The first-order valence-corrected chi connectivity index (χ1v) is 15.2. The Labute approximate surface area is 219 Å². The third kappa shape index (κ3) is 6.20. The average molecular weight is 542 g/mol. The minimum Gasteiger partial charge on any atom is -0.336 e. The predicted octanol–water partition coefficient (Wildman–Crippen LogP) is 3.42. The van der Waals surface area contributed by atoms with Crippen molar-refractivity contribution in [2.24, 2.45) is 0 Å². The van der Waals surface area contributed by atoms with Crippen molar-refractivity contribution >= 4 is 31.6 Å². The second kappa shape index (κ2) is 10.6. The maximum Gasteiger partial charge on any atom is 0.253 e. The third-order valence-corrected chi connectivity index (χ3v) is 9.46. The van der Waals surface area contributed by atoms with Crippen LogP contribution in [0, 0.1) is 13.8 Å². The van der Waals surface area contributed by atoms with E-state index in [1.807, 2.05) is 32.0 Å². The zero-order valence-electron chi connectivity index (χ0n) is 21.2. The largest absolute Gasteiger partial charge is 0.336 e. The topological polar surface area (TPSA) is 95.1 Å². The molecule has 4 rings (SSSR count). The molecule has 0 unspecified atom stereocenters. The Kier molecular flexibility index (Phi) is 7.72. The molecule has 1 aliphatic rings. The van der Waals surface area contributed by atoms with Gasteiger partial charge in [0.05, 0.1) is 23.4 Å². The number of carbonyl (C=O) groups excluding carboxylic acids is 1. The average Bonchev–Trinajstić information content (AvgIpc) is 2.87. The van der Waals surface area contributed by atoms with Crippen LogP contribution in [0.5, 0.6) is 0 Å². The number of benzene rings is 3. The number of rotatable bonds is 7. The van der Waals surface area contributed by atoms with Gasteiger partial charge in [0.1, 0.15) is 0 Å². The molecule has 3 aromatic carbocycles. The fourth-order valence-corrected chi connectivity index (χ4v) is 6.58. The predicted molar refractivity (Wildman–Crippen MR) is 144 cm³/mol. The molecule has 1 amide bonds. The van der Waals surface area contributed by atoms with Gasteiger partial charge in [0.2, 0.25) is 20.0 Å². The van der Waals surface area contributed by atoms with Gasteiger partial charge >= 0.3 is 0 Å². The number of carbonyl (C=O) groups is 1. The number of nitrogens with zero attached hydrogens (tertiary/aromatic N) is 3. The quantitative estimate of drug-likeness (QED) is 0.457. The number of amides is 1. The van der Waals surface area contributed by atoms with Gasteiger partial charge in [0, 0.05) is 31.7 Å². The Hall–Kier alpha value is -3.21.